The van der Waals surface area contributed by atoms with Gasteiger partial charge in [0.2, 0.25) is 0 Å². The molecular formula is C12H14Cl2N2O. The second kappa shape index (κ2) is 4.23. The fraction of sp³-hybridized carbons (Fsp3) is 0.500. The zero-order valence-electron chi connectivity index (χ0n) is 9.33. The van der Waals surface area contributed by atoms with E-state index in [1.54, 1.807) is 6.07 Å². The maximum atomic E-state index is 6.05. The zero-order chi connectivity index (χ0) is 12.0. The minimum absolute atomic E-state index is 0.336. The van der Waals surface area contributed by atoms with E-state index >= 15 is 0 Å². The van der Waals surface area contributed by atoms with Gasteiger partial charge in [-0.25, -0.2) is 0 Å². The lowest BCUT2D eigenvalue weighted by Crippen LogP contribution is -2.42. The smallest absolute Gasteiger partial charge is 0.0755 e. The Balaban J connectivity index is 1.91. The third-order valence-corrected chi connectivity index (χ3v) is 4.18. The fourth-order valence-electron chi connectivity index (χ4n) is 2.64. The molecule has 0 amide bonds. The van der Waals surface area contributed by atoms with Crippen LogP contribution >= 0.6 is 23.2 Å². The Hall–Kier alpha value is -0.640. The Morgan fingerprint density at radius 1 is 1.12 bits per heavy atom. The van der Waals surface area contributed by atoms with Gasteiger partial charge in [-0.3, -0.25) is 0 Å². The van der Waals surface area contributed by atoms with E-state index in [1.807, 2.05) is 6.07 Å². The molecule has 1 aromatic rings. The molecule has 1 aromatic carbocycles. The Bertz CT molecular complexity index is 440. The van der Waals surface area contributed by atoms with Gasteiger partial charge in [0.05, 0.1) is 33.6 Å². The summed E-state index contributed by atoms with van der Waals surface area (Å²) in [5.74, 6) is 0. The molecular weight excluding hydrogens is 259 g/mol. The topological polar surface area (TPSA) is 38.5 Å². The van der Waals surface area contributed by atoms with Gasteiger partial charge in [0, 0.05) is 13.1 Å². The third-order valence-electron chi connectivity index (χ3n) is 3.45. The van der Waals surface area contributed by atoms with E-state index in [0.717, 1.165) is 31.6 Å². The van der Waals surface area contributed by atoms with E-state index in [2.05, 4.69) is 4.90 Å². The summed E-state index contributed by atoms with van der Waals surface area (Å²) in [7, 11) is 0. The van der Waals surface area contributed by atoms with Crippen LogP contribution in [0.15, 0.2) is 12.1 Å². The van der Waals surface area contributed by atoms with Crippen molar-refractivity contribution in [2.24, 2.45) is 0 Å². The van der Waals surface area contributed by atoms with Crippen molar-refractivity contribution in [3.8, 4) is 0 Å². The number of nitrogens with zero attached hydrogens (tertiary/aromatic N) is 1. The molecule has 0 aromatic heterocycles. The lowest BCUT2D eigenvalue weighted by molar-refractivity contribution is 0.0305. The highest BCUT2D eigenvalue weighted by atomic mass is 35.5. The quantitative estimate of drug-likeness (QED) is 0.799. The monoisotopic (exact) mass is 272 g/mol. The van der Waals surface area contributed by atoms with Crippen molar-refractivity contribution < 1.29 is 4.74 Å². The molecule has 17 heavy (non-hydrogen) atoms. The van der Waals surface area contributed by atoms with E-state index in [1.165, 1.54) is 0 Å². The molecule has 0 spiro atoms. The highest BCUT2D eigenvalue weighted by molar-refractivity contribution is 6.42. The molecule has 3 nitrogen and oxygen atoms in total. The largest absolute Gasteiger partial charge is 0.397 e. The molecule has 2 fully saturated rings. The first-order chi connectivity index (χ1) is 8.13. The van der Waals surface area contributed by atoms with Gasteiger partial charge in [0.25, 0.3) is 0 Å². The summed E-state index contributed by atoms with van der Waals surface area (Å²) in [5.41, 5.74) is 7.66. The average Bonchev–Trinajstić information content (AvgIpc) is 2.63. The number of hydrogen-bond acceptors (Lipinski definition) is 3. The van der Waals surface area contributed by atoms with Crippen LogP contribution in [-0.2, 0) is 4.74 Å². The van der Waals surface area contributed by atoms with Gasteiger partial charge in [-0.05, 0) is 25.0 Å². The van der Waals surface area contributed by atoms with Crippen LogP contribution in [0.3, 0.4) is 0 Å². The van der Waals surface area contributed by atoms with Gasteiger partial charge in [-0.15, -0.1) is 0 Å². The molecule has 2 atom stereocenters. The van der Waals surface area contributed by atoms with Gasteiger partial charge in [0.1, 0.15) is 0 Å². The third kappa shape index (κ3) is 2.07. The second-order valence-corrected chi connectivity index (χ2v) is 5.50. The summed E-state index contributed by atoms with van der Waals surface area (Å²) in [6, 6.07) is 3.57. The number of rotatable bonds is 1. The van der Waals surface area contributed by atoms with Crippen molar-refractivity contribution in [2.45, 2.75) is 25.0 Å². The van der Waals surface area contributed by atoms with Gasteiger partial charge in [0.15, 0.2) is 0 Å². The van der Waals surface area contributed by atoms with Gasteiger partial charge >= 0.3 is 0 Å². The lowest BCUT2D eigenvalue weighted by Gasteiger charge is -2.34. The maximum Gasteiger partial charge on any atom is 0.0755 e. The first-order valence-electron chi connectivity index (χ1n) is 5.78. The van der Waals surface area contributed by atoms with E-state index in [-0.39, 0.29) is 0 Å². The summed E-state index contributed by atoms with van der Waals surface area (Å²) < 4.78 is 5.80. The van der Waals surface area contributed by atoms with Gasteiger partial charge < -0.3 is 15.4 Å². The molecule has 2 unspecified atom stereocenters. The molecule has 0 radical (unpaired) electrons. The Kier molecular flexibility index (Phi) is 2.85. The first-order valence-corrected chi connectivity index (χ1v) is 6.54. The summed E-state index contributed by atoms with van der Waals surface area (Å²) in [6.07, 6.45) is 2.95. The summed E-state index contributed by atoms with van der Waals surface area (Å²) in [5, 5.41) is 1.05. The van der Waals surface area contributed by atoms with Crippen LogP contribution < -0.4 is 10.6 Å². The number of benzene rings is 1. The number of anilines is 2. The number of nitrogens with two attached hydrogens (primary N) is 1. The number of ether oxygens (including phenoxy) is 1. The van der Waals surface area contributed by atoms with Crippen LogP contribution in [0.5, 0.6) is 0 Å². The second-order valence-electron chi connectivity index (χ2n) is 4.69. The minimum Gasteiger partial charge on any atom is -0.397 e. The van der Waals surface area contributed by atoms with E-state index in [0.29, 0.717) is 27.9 Å². The summed E-state index contributed by atoms with van der Waals surface area (Å²) in [4.78, 5) is 2.25. The molecule has 2 N–H and O–H groups in total. The molecule has 2 aliphatic heterocycles. The minimum atomic E-state index is 0.336. The molecule has 0 saturated carbocycles. The SMILES string of the molecule is Nc1cc(Cl)c(Cl)cc1N1CC2CCC(C1)O2. The maximum absolute atomic E-state index is 6.05. The Labute approximate surface area is 110 Å². The number of halogens is 2. The van der Waals surface area contributed by atoms with Gasteiger partial charge in [-0.1, -0.05) is 23.2 Å². The normalized spacial score (nSPS) is 27.5. The number of fused-ring (bicyclic) bond motifs is 2. The van der Waals surface area contributed by atoms with Crippen molar-refractivity contribution in [3.63, 3.8) is 0 Å². The molecule has 5 heteroatoms. The fourth-order valence-corrected chi connectivity index (χ4v) is 2.97. The molecule has 92 valence electrons. The zero-order valence-corrected chi connectivity index (χ0v) is 10.8. The van der Waals surface area contributed by atoms with E-state index < -0.39 is 0 Å². The van der Waals surface area contributed by atoms with Crippen LogP contribution in [0.2, 0.25) is 10.0 Å². The van der Waals surface area contributed by atoms with Gasteiger partial charge in [-0.2, -0.15) is 0 Å². The molecule has 2 bridgehead atoms. The number of hydrogen-bond donors (Lipinski definition) is 1. The highest BCUT2D eigenvalue weighted by Gasteiger charge is 2.34. The van der Waals surface area contributed by atoms with Crippen molar-refractivity contribution in [1.29, 1.82) is 0 Å². The van der Waals surface area contributed by atoms with Crippen molar-refractivity contribution in [2.75, 3.05) is 23.7 Å². The van der Waals surface area contributed by atoms with Crippen LogP contribution in [0, 0.1) is 0 Å². The lowest BCUT2D eigenvalue weighted by atomic mass is 10.2. The summed E-state index contributed by atoms with van der Waals surface area (Å²) >= 11 is 12.0. The number of morpholine rings is 1. The van der Waals surface area contributed by atoms with Crippen LogP contribution in [0.4, 0.5) is 11.4 Å². The van der Waals surface area contributed by atoms with Crippen molar-refractivity contribution in [1.82, 2.24) is 0 Å². The number of nitrogen functional groups attached to an aromatic ring is 1. The van der Waals surface area contributed by atoms with E-state index in [9.17, 15) is 0 Å². The molecule has 2 heterocycles. The predicted molar refractivity (Wildman–Crippen MR) is 71.0 cm³/mol. The first kappa shape index (κ1) is 11.5. The highest BCUT2D eigenvalue weighted by Crippen LogP contribution is 2.36. The van der Waals surface area contributed by atoms with E-state index in [4.69, 9.17) is 33.7 Å². The van der Waals surface area contributed by atoms with Crippen LogP contribution in [0.1, 0.15) is 12.8 Å². The van der Waals surface area contributed by atoms with Crippen molar-refractivity contribution >= 4 is 34.6 Å². The summed E-state index contributed by atoms with van der Waals surface area (Å²) in [6.45, 7) is 1.78. The van der Waals surface area contributed by atoms with Crippen molar-refractivity contribution in [3.05, 3.63) is 22.2 Å². The average molecular weight is 273 g/mol. The molecule has 3 rings (SSSR count). The van der Waals surface area contributed by atoms with Crippen LogP contribution in [0.25, 0.3) is 0 Å². The molecule has 0 aliphatic carbocycles. The van der Waals surface area contributed by atoms with Crippen LogP contribution in [-0.4, -0.2) is 25.3 Å². The Morgan fingerprint density at radius 3 is 2.35 bits per heavy atom. The Morgan fingerprint density at radius 2 is 1.71 bits per heavy atom. The molecule has 2 aliphatic rings. The predicted octanol–water partition coefficient (Wildman–Crippen LogP) is 2.94. The molecule has 2 saturated heterocycles. The standard InChI is InChI=1S/C12H14Cl2N2O/c13-9-3-11(15)12(4-10(9)14)16-5-7-1-2-8(6-16)17-7/h3-4,7-8H,1-2,5-6,15H2.